The molecular formula is C11H14N4O. The molecule has 0 spiro atoms. The lowest BCUT2D eigenvalue weighted by Gasteiger charge is -2.05. The number of aliphatic hydroxyl groups is 1. The summed E-state index contributed by atoms with van der Waals surface area (Å²) in [7, 11) is 0. The summed E-state index contributed by atoms with van der Waals surface area (Å²) in [6.45, 7) is 5.43. The van der Waals surface area contributed by atoms with Crippen molar-refractivity contribution in [3.05, 3.63) is 35.5 Å². The van der Waals surface area contributed by atoms with E-state index in [1.807, 2.05) is 26.0 Å². The van der Waals surface area contributed by atoms with Gasteiger partial charge in [-0.05, 0) is 32.4 Å². The first-order valence-corrected chi connectivity index (χ1v) is 5.12. The van der Waals surface area contributed by atoms with Crippen molar-refractivity contribution in [1.82, 2.24) is 19.7 Å². The average Bonchev–Trinajstić information content (AvgIpc) is 2.58. The lowest BCUT2D eigenvalue weighted by molar-refractivity contribution is 0.199. The standard InChI is InChI=1S/C11H14N4O/c1-7(16)10-4-5-11(12-6-10)15-9(3)13-8(2)14-15/h4-7,16H,1-3H3/t7-/m0/s1. The Bertz CT molecular complexity index is 487. The molecule has 0 radical (unpaired) electrons. The molecule has 0 unspecified atom stereocenters. The van der Waals surface area contributed by atoms with E-state index in [1.54, 1.807) is 17.8 Å². The number of hydrogen-bond donors (Lipinski definition) is 1. The van der Waals surface area contributed by atoms with Crippen molar-refractivity contribution in [1.29, 1.82) is 0 Å². The third-order valence-electron chi connectivity index (χ3n) is 2.35. The van der Waals surface area contributed by atoms with Crippen molar-refractivity contribution in [3.63, 3.8) is 0 Å². The molecule has 0 aliphatic rings. The van der Waals surface area contributed by atoms with Gasteiger partial charge in [0.15, 0.2) is 5.82 Å². The van der Waals surface area contributed by atoms with Crippen molar-refractivity contribution in [3.8, 4) is 5.82 Å². The predicted octanol–water partition coefficient (Wildman–Crippen LogP) is 1.33. The van der Waals surface area contributed by atoms with Crippen LogP contribution in [0.1, 0.15) is 30.2 Å². The fourth-order valence-electron chi connectivity index (χ4n) is 1.51. The first kappa shape index (κ1) is 10.8. The summed E-state index contributed by atoms with van der Waals surface area (Å²) >= 11 is 0. The number of aryl methyl sites for hydroxylation is 2. The van der Waals surface area contributed by atoms with Crippen molar-refractivity contribution in [2.75, 3.05) is 0 Å². The van der Waals surface area contributed by atoms with E-state index in [0.29, 0.717) is 5.82 Å². The largest absolute Gasteiger partial charge is 0.389 e. The van der Waals surface area contributed by atoms with E-state index < -0.39 is 6.10 Å². The van der Waals surface area contributed by atoms with Gasteiger partial charge < -0.3 is 5.11 Å². The van der Waals surface area contributed by atoms with Crippen LogP contribution in [0.3, 0.4) is 0 Å². The summed E-state index contributed by atoms with van der Waals surface area (Å²) in [5, 5.41) is 13.6. The summed E-state index contributed by atoms with van der Waals surface area (Å²) in [6.07, 6.45) is 1.15. The fraction of sp³-hybridized carbons (Fsp3) is 0.364. The van der Waals surface area contributed by atoms with Gasteiger partial charge in [0.2, 0.25) is 0 Å². The highest BCUT2D eigenvalue weighted by molar-refractivity contribution is 5.26. The molecule has 0 aromatic carbocycles. The number of aliphatic hydroxyl groups excluding tert-OH is 1. The first-order valence-electron chi connectivity index (χ1n) is 5.12. The second-order valence-electron chi connectivity index (χ2n) is 3.74. The molecule has 2 rings (SSSR count). The van der Waals surface area contributed by atoms with Crippen molar-refractivity contribution in [2.45, 2.75) is 26.9 Å². The van der Waals surface area contributed by atoms with Gasteiger partial charge in [0.25, 0.3) is 0 Å². The molecule has 2 heterocycles. The molecule has 2 aromatic heterocycles. The van der Waals surface area contributed by atoms with Gasteiger partial charge >= 0.3 is 0 Å². The molecule has 0 amide bonds. The molecule has 0 bridgehead atoms. The molecule has 0 aliphatic carbocycles. The zero-order valence-electron chi connectivity index (χ0n) is 9.55. The Morgan fingerprint density at radius 3 is 2.50 bits per heavy atom. The van der Waals surface area contributed by atoms with E-state index in [2.05, 4.69) is 15.1 Å². The summed E-state index contributed by atoms with van der Waals surface area (Å²) in [5.41, 5.74) is 0.790. The van der Waals surface area contributed by atoms with Crippen LogP contribution in [0.5, 0.6) is 0 Å². The van der Waals surface area contributed by atoms with Crippen LogP contribution >= 0.6 is 0 Å². The third kappa shape index (κ3) is 1.94. The maximum Gasteiger partial charge on any atom is 0.155 e. The highest BCUT2D eigenvalue weighted by atomic mass is 16.3. The van der Waals surface area contributed by atoms with Gasteiger partial charge in [-0.15, -0.1) is 5.10 Å². The zero-order valence-corrected chi connectivity index (χ0v) is 9.55. The monoisotopic (exact) mass is 218 g/mol. The number of nitrogens with zero attached hydrogens (tertiary/aromatic N) is 4. The molecule has 0 saturated heterocycles. The van der Waals surface area contributed by atoms with Gasteiger partial charge in [-0.2, -0.15) is 4.68 Å². The molecule has 16 heavy (non-hydrogen) atoms. The van der Waals surface area contributed by atoms with Gasteiger partial charge in [0, 0.05) is 6.20 Å². The zero-order chi connectivity index (χ0) is 11.7. The lowest BCUT2D eigenvalue weighted by atomic mass is 10.2. The molecule has 1 atom stereocenters. The van der Waals surface area contributed by atoms with Crippen LogP contribution in [0.4, 0.5) is 0 Å². The van der Waals surface area contributed by atoms with E-state index in [0.717, 1.165) is 17.2 Å². The Morgan fingerprint density at radius 2 is 2.06 bits per heavy atom. The van der Waals surface area contributed by atoms with Gasteiger partial charge in [-0.25, -0.2) is 9.97 Å². The van der Waals surface area contributed by atoms with Crippen molar-refractivity contribution in [2.24, 2.45) is 0 Å². The molecule has 5 nitrogen and oxygen atoms in total. The number of aromatic nitrogens is 4. The average molecular weight is 218 g/mol. The second-order valence-corrected chi connectivity index (χ2v) is 3.74. The van der Waals surface area contributed by atoms with Crippen LogP contribution in [-0.4, -0.2) is 24.9 Å². The summed E-state index contributed by atoms with van der Waals surface area (Å²) in [5.74, 6) is 2.23. The van der Waals surface area contributed by atoms with Gasteiger partial charge in [-0.3, -0.25) is 0 Å². The molecule has 5 heteroatoms. The van der Waals surface area contributed by atoms with E-state index >= 15 is 0 Å². The topological polar surface area (TPSA) is 63.8 Å². The van der Waals surface area contributed by atoms with Crippen molar-refractivity contribution < 1.29 is 5.11 Å². The Kier molecular flexibility index (Phi) is 2.70. The highest BCUT2D eigenvalue weighted by Crippen LogP contribution is 2.13. The minimum atomic E-state index is -0.500. The van der Waals surface area contributed by atoms with Crippen LogP contribution in [0, 0.1) is 13.8 Å². The van der Waals surface area contributed by atoms with Crippen LogP contribution in [0.15, 0.2) is 18.3 Å². The molecule has 2 aromatic rings. The van der Waals surface area contributed by atoms with Crippen LogP contribution in [0.2, 0.25) is 0 Å². The Balaban J connectivity index is 2.38. The molecule has 1 N–H and O–H groups in total. The maximum atomic E-state index is 9.37. The minimum Gasteiger partial charge on any atom is -0.389 e. The molecule has 0 fully saturated rings. The molecule has 84 valence electrons. The Hall–Kier alpha value is -1.75. The second kappa shape index (κ2) is 4.02. The van der Waals surface area contributed by atoms with E-state index in [-0.39, 0.29) is 0 Å². The predicted molar refractivity (Wildman–Crippen MR) is 59.3 cm³/mol. The Morgan fingerprint density at radius 1 is 1.31 bits per heavy atom. The lowest BCUT2D eigenvalue weighted by Crippen LogP contribution is -2.03. The molecule has 0 aliphatic heterocycles. The summed E-state index contributed by atoms with van der Waals surface area (Å²) < 4.78 is 1.68. The molecule has 0 saturated carbocycles. The van der Waals surface area contributed by atoms with E-state index in [4.69, 9.17) is 0 Å². The fourth-order valence-corrected chi connectivity index (χ4v) is 1.51. The summed E-state index contributed by atoms with van der Waals surface area (Å²) in [4.78, 5) is 8.45. The molecular weight excluding hydrogens is 204 g/mol. The normalized spacial score (nSPS) is 12.8. The van der Waals surface area contributed by atoms with E-state index in [1.165, 1.54) is 0 Å². The minimum absolute atomic E-state index is 0.500. The Labute approximate surface area is 93.8 Å². The smallest absolute Gasteiger partial charge is 0.155 e. The summed E-state index contributed by atoms with van der Waals surface area (Å²) in [6, 6.07) is 3.66. The van der Waals surface area contributed by atoms with Crippen LogP contribution in [-0.2, 0) is 0 Å². The van der Waals surface area contributed by atoms with E-state index in [9.17, 15) is 5.11 Å². The maximum absolute atomic E-state index is 9.37. The van der Waals surface area contributed by atoms with Crippen LogP contribution in [0.25, 0.3) is 5.82 Å². The highest BCUT2D eigenvalue weighted by Gasteiger charge is 2.07. The number of pyridine rings is 1. The van der Waals surface area contributed by atoms with Crippen LogP contribution < -0.4 is 0 Å². The third-order valence-corrected chi connectivity index (χ3v) is 2.35. The SMILES string of the molecule is Cc1nc(C)n(-c2ccc([C@H](C)O)cn2)n1. The van der Waals surface area contributed by atoms with Gasteiger partial charge in [0.1, 0.15) is 11.6 Å². The first-order chi connectivity index (χ1) is 7.58. The quantitative estimate of drug-likeness (QED) is 0.826. The number of rotatable bonds is 2. The van der Waals surface area contributed by atoms with Gasteiger partial charge in [-0.1, -0.05) is 6.07 Å². The van der Waals surface area contributed by atoms with Crippen molar-refractivity contribution >= 4 is 0 Å². The van der Waals surface area contributed by atoms with Gasteiger partial charge in [0.05, 0.1) is 6.10 Å². The number of hydrogen-bond acceptors (Lipinski definition) is 4.